The quantitative estimate of drug-likeness (QED) is 0.865. The van der Waals surface area contributed by atoms with Gasteiger partial charge in [-0.15, -0.1) is 0 Å². The Kier molecular flexibility index (Phi) is 5.24. The zero-order valence-electron chi connectivity index (χ0n) is 12.1. The molecular formula is C17H21FN2. The van der Waals surface area contributed by atoms with Crippen LogP contribution < -0.4 is 5.32 Å². The van der Waals surface area contributed by atoms with Crippen LogP contribution in [-0.4, -0.2) is 11.5 Å². The zero-order valence-corrected chi connectivity index (χ0v) is 12.1. The summed E-state index contributed by atoms with van der Waals surface area (Å²) in [4.78, 5) is 4.24. The summed E-state index contributed by atoms with van der Waals surface area (Å²) in [5.74, 6) is -0.178. The lowest BCUT2D eigenvalue weighted by Gasteiger charge is -2.19. The number of hydrogen-bond acceptors (Lipinski definition) is 2. The number of benzene rings is 1. The Labute approximate surface area is 120 Å². The molecule has 0 amide bonds. The highest BCUT2D eigenvalue weighted by Gasteiger charge is 2.12. The number of aromatic nitrogens is 1. The molecule has 2 aromatic rings. The van der Waals surface area contributed by atoms with Gasteiger partial charge in [0.25, 0.3) is 0 Å². The van der Waals surface area contributed by atoms with Crippen molar-refractivity contribution in [1.82, 2.24) is 10.3 Å². The summed E-state index contributed by atoms with van der Waals surface area (Å²) in [7, 11) is 0. The summed E-state index contributed by atoms with van der Waals surface area (Å²) in [5.41, 5.74) is 3.22. The van der Waals surface area contributed by atoms with Crippen LogP contribution >= 0.6 is 0 Å². The fraction of sp³-hybridized carbons (Fsp3) is 0.353. The Morgan fingerprint density at radius 3 is 2.80 bits per heavy atom. The molecule has 1 N–H and O–H groups in total. The maximum atomic E-state index is 13.3. The SMILES string of the molecule is CCCNC(Cc1cccc(F)c1)c1ccnc(C)c1. The first-order valence-corrected chi connectivity index (χ1v) is 7.09. The minimum absolute atomic E-state index is 0.178. The molecule has 106 valence electrons. The molecule has 0 saturated heterocycles. The largest absolute Gasteiger partial charge is 0.310 e. The van der Waals surface area contributed by atoms with Crippen molar-refractivity contribution in [2.75, 3.05) is 6.54 Å². The Morgan fingerprint density at radius 2 is 2.10 bits per heavy atom. The van der Waals surface area contributed by atoms with Gasteiger partial charge in [-0.05, 0) is 61.7 Å². The van der Waals surface area contributed by atoms with E-state index in [9.17, 15) is 4.39 Å². The van der Waals surface area contributed by atoms with Gasteiger partial charge in [-0.1, -0.05) is 19.1 Å². The minimum atomic E-state index is -0.178. The van der Waals surface area contributed by atoms with Gasteiger partial charge < -0.3 is 5.32 Å². The highest BCUT2D eigenvalue weighted by Crippen LogP contribution is 2.19. The fourth-order valence-corrected chi connectivity index (χ4v) is 2.31. The summed E-state index contributed by atoms with van der Waals surface area (Å²) < 4.78 is 13.3. The third kappa shape index (κ3) is 4.14. The number of hydrogen-bond donors (Lipinski definition) is 1. The Bertz CT molecular complexity index is 554. The lowest BCUT2D eigenvalue weighted by atomic mass is 9.99. The molecule has 2 rings (SSSR count). The smallest absolute Gasteiger partial charge is 0.123 e. The van der Waals surface area contributed by atoms with E-state index >= 15 is 0 Å². The first-order chi connectivity index (χ1) is 9.69. The van der Waals surface area contributed by atoms with Gasteiger partial charge in [0.2, 0.25) is 0 Å². The molecule has 2 nitrogen and oxygen atoms in total. The predicted octanol–water partition coefficient (Wildman–Crippen LogP) is 3.81. The number of pyridine rings is 1. The summed E-state index contributed by atoms with van der Waals surface area (Å²) >= 11 is 0. The summed E-state index contributed by atoms with van der Waals surface area (Å²) in [5, 5.41) is 3.53. The zero-order chi connectivity index (χ0) is 14.4. The molecule has 1 aromatic heterocycles. The van der Waals surface area contributed by atoms with Gasteiger partial charge in [-0.3, -0.25) is 4.98 Å². The van der Waals surface area contributed by atoms with Gasteiger partial charge in [0, 0.05) is 17.9 Å². The molecule has 0 saturated carbocycles. The van der Waals surface area contributed by atoms with Crippen LogP contribution in [0.1, 0.15) is 36.2 Å². The van der Waals surface area contributed by atoms with E-state index in [2.05, 4.69) is 23.3 Å². The van der Waals surface area contributed by atoms with E-state index in [1.165, 1.54) is 11.6 Å². The summed E-state index contributed by atoms with van der Waals surface area (Å²) in [6.45, 7) is 5.08. The molecule has 1 atom stereocenters. The number of nitrogens with zero attached hydrogens (tertiary/aromatic N) is 1. The van der Waals surface area contributed by atoms with Crippen molar-refractivity contribution in [2.24, 2.45) is 0 Å². The van der Waals surface area contributed by atoms with Crippen LogP contribution in [0.4, 0.5) is 4.39 Å². The summed E-state index contributed by atoms with van der Waals surface area (Å²) in [6, 6.07) is 11.1. The standard InChI is InChI=1S/C17H21FN2/c1-3-8-20-17(15-7-9-19-13(2)10-15)12-14-5-4-6-16(18)11-14/h4-7,9-11,17,20H,3,8,12H2,1-2H3. The third-order valence-corrected chi connectivity index (χ3v) is 3.29. The lowest BCUT2D eigenvalue weighted by molar-refractivity contribution is 0.526. The Morgan fingerprint density at radius 1 is 1.25 bits per heavy atom. The lowest BCUT2D eigenvalue weighted by Crippen LogP contribution is -2.24. The highest BCUT2D eigenvalue weighted by molar-refractivity contribution is 5.24. The molecule has 1 aromatic carbocycles. The van der Waals surface area contributed by atoms with Crippen molar-refractivity contribution in [3.05, 3.63) is 65.2 Å². The van der Waals surface area contributed by atoms with Crippen LogP contribution in [0.25, 0.3) is 0 Å². The van der Waals surface area contributed by atoms with Crippen molar-refractivity contribution >= 4 is 0 Å². The van der Waals surface area contributed by atoms with Gasteiger partial charge >= 0.3 is 0 Å². The average molecular weight is 272 g/mol. The van der Waals surface area contributed by atoms with Crippen LogP contribution in [0.3, 0.4) is 0 Å². The van der Waals surface area contributed by atoms with Crippen molar-refractivity contribution in [1.29, 1.82) is 0 Å². The molecule has 1 heterocycles. The van der Waals surface area contributed by atoms with Gasteiger partial charge in [-0.25, -0.2) is 4.39 Å². The van der Waals surface area contributed by atoms with Crippen LogP contribution in [-0.2, 0) is 6.42 Å². The number of aryl methyl sites for hydroxylation is 1. The normalized spacial score (nSPS) is 12.3. The van der Waals surface area contributed by atoms with E-state index < -0.39 is 0 Å². The van der Waals surface area contributed by atoms with Crippen LogP contribution in [0.2, 0.25) is 0 Å². The molecular weight excluding hydrogens is 251 g/mol. The molecule has 0 spiro atoms. The molecule has 0 aliphatic rings. The first kappa shape index (κ1) is 14.7. The van der Waals surface area contributed by atoms with Gasteiger partial charge in [-0.2, -0.15) is 0 Å². The highest BCUT2D eigenvalue weighted by atomic mass is 19.1. The van der Waals surface area contributed by atoms with Crippen molar-refractivity contribution in [3.8, 4) is 0 Å². The minimum Gasteiger partial charge on any atom is -0.310 e. The molecule has 20 heavy (non-hydrogen) atoms. The molecule has 0 fully saturated rings. The topological polar surface area (TPSA) is 24.9 Å². The van der Waals surface area contributed by atoms with Crippen molar-refractivity contribution < 1.29 is 4.39 Å². The number of rotatable bonds is 6. The maximum absolute atomic E-state index is 13.3. The second-order valence-electron chi connectivity index (χ2n) is 5.07. The van der Waals surface area contributed by atoms with Gasteiger partial charge in [0.05, 0.1) is 0 Å². The Balaban J connectivity index is 2.19. The molecule has 0 aliphatic carbocycles. The van der Waals surface area contributed by atoms with E-state index in [0.717, 1.165) is 30.6 Å². The van der Waals surface area contributed by atoms with E-state index in [0.29, 0.717) is 0 Å². The monoisotopic (exact) mass is 272 g/mol. The van der Waals surface area contributed by atoms with E-state index in [-0.39, 0.29) is 11.9 Å². The molecule has 1 unspecified atom stereocenters. The second-order valence-corrected chi connectivity index (χ2v) is 5.07. The van der Waals surface area contributed by atoms with E-state index in [1.807, 2.05) is 25.3 Å². The fourth-order valence-electron chi connectivity index (χ4n) is 2.31. The number of halogens is 1. The van der Waals surface area contributed by atoms with Gasteiger partial charge in [0.1, 0.15) is 5.82 Å². The van der Waals surface area contributed by atoms with Crippen LogP contribution in [0.15, 0.2) is 42.6 Å². The summed E-state index contributed by atoms with van der Waals surface area (Å²) in [6.07, 6.45) is 3.68. The van der Waals surface area contributed by atoms with Crippen LogP contribution in [0, 0.1) is 12.7 Å². The van der Waals surface area contributed by atoms with Crippen molar-refractivity contribution in [2.45, 2.75) is 32.7 Å². The van der Waals surface area contributed by atoms with E-state index in [1.54, 1.807) is 12.1 Å². The number of nitrogens with one attached hydrogen (secondary N) is 1. The molecule has 0 radical (unpaired) electrons. The first-order valence-electron chi connectivity index (χ1n) is 7.09. The predicted molar refractivity (Wildman–Crippen MR) is 80.1 cm³/mol. The van der Waals surface area contributed by atoms with Crippen LogP contribution in [0.5, 0.6) is 0 Å². The van der Waals surface area contributed by atoms with Crippen molar-refractivity contribution in [3.63, 3.8) is 0 Å². The average Bonchev–Trinajstić information content (AvgIpc) is 2.43. The Hall–Kier alpha value is -1.74. The third-order valence-electron chi connectivity index (χ3n) is 3.29. The molecule has 3 heteroatoms. The molecule has 0 bridgehead atoms. The van der Waals surface area contributed by atoms with Gasteiger partial charge in [0.15, 0.2) is 0 Å². The van der Waals surface area contributed by atoms with E-state index in [4.69, 9.17) is 0 Å². The molecule has 0 aliphatic heterocycles. The second kappa shape index (κ2) is 7.15. The maximum Gasteiger partial charge on any atom is 0.123 e.